The van der Waals surface area contributed by atoms with Gasteiger partial charge in [0.15, 0.2) is 0 Å². The molecule has 0 unspecified atom stereocenters. The lowest BCUT2D eigenvalue weighted by atomic mass is 10.1. The highest BCUT2D eigenvalue weighted by molar-refractivity contribution is 5.89. The number of furan rings is 1. The number of nitrogens with one attached hydrogen (secondary N) is 1. The second-order valence-electron chi connectivity index (χ2n) is 5.83. The first-order chi connectivity index (χ1) is 12.5. The molecule has 0 radical (unpaired) electrons. The molecular formula is C21H23NO4. The fourth-order valence-corrected chi connectivity index (χ4v) is 2.37. The molecule has 1 amide bonds. The van der Waals surface area contributed by atoms with Gasteiger partial charge in [0, 0.05) is 10.9 Å². The minimum absolute atomic E-state index is 0.144. The van der Waals surface area contributed by atoms with Crippen molar-refractivity contribution >= 4 is 22.8 Å². The van der Waals surface area contributed by atoms with Crippen molar-refractivity contribution in [2.75, 3.05) is 13.2 Å². The minimum Gasteiger partial charge on any atom is -0.464 e. The lowest BCUT2D eigenvalue weighted by Crippen LogP contribution is -2.31. The first kappa shape index (κ1) is 19.2. The molecule has 0 spiro atoms. The van der Waals surface area contributed by atoms with E-state index in [4.69, 9.17) is 9.15 Å². The van der Waals surface area contributed by atoms with Crippen LogP contribution in [0.5, 0.6) is 0 Å². The standard InChI is InChI=1S/C21H23NO4/c1-4-6-7-16(5-2)13-26-21(24)12-22-20(23)11-17-14-25-19-10-15(3)8-9-18(17)19/h4-10,14H,1,11-13H2,2-3H3,(H,22,23)/b7-6-,16-5+. The maximum Gasteiger partial charge on any atom is 0.325 e. The lowest BCUT2D eigenvalue weighted by Gasteiger charge is -2.07. The van der Waals surface area contributed by atoms with Crippen molar-refractivity contribution in [3.8, 4) is 0 Å². The second-order valence-corrected chi connectivity index (χ2v) is 5.83. The van der Waals surface area contributed by atoms with Gasteiger partial charge in [-0.25, -0.2) is 0 Å². The Morgan fingerprint density at radius 1 is 1.35 bits per heavy atom. The Bertz CT molecular complexity index is 858. The third-order valence-electron chi connectivity index (χ3n) is 3.81. The summed E-state index contributed by atoms with van der Waals surface area (Å²) in [6, 6.07) is 5.82. The highest BCUT2D eigenvalue weighted by Crippen LogP contribution is 2.22. The van der Waals surface area contributed by atoms with E-state index in [0.717, 1.165) is 27.7 Å². The normalized spacial score (nSPS) is 11.7. The Kier molecular flexibility index (Phi) is 6.97. The molecule has 1 heterocycles. The molecule has 1 aromatic carbocycles. The summed E-state index contributed by atoms with van der Waals surface area (Å²) in [5.41, 5.74) is 3.48. The Morgan fingerprint density at radius 3 is 2.88 bits per heavy atom. The van der Waals surface area contributed by atoms with Crippen LogP contribution in [-0.4, -0.2) is 25.0 Å². The number of hydrogen-bond acceptors (Lipinski definition) is 4. The molecule has 0 aliphatic carbocycles. The van der Waals surface area contributed by atoms with Crippen LogP contribution in [0.1, 0.15) is 18.1 Å². The van der Waals surface area contributed by atoms with Gasteiger partial charge >= 0.3 is 5.97 Å². The Morgan fingerprint density at radius 2 is 2.15 bits per heavy atom. The quantitative estimate of drug-likeness (QED) is 0.581. The fourth-order valence-electron chi connectivity index (χ4n) is 2.37. The average molecular weight is 353 g/mol. The Labute approximate surface area is 153 Å². The number of carbonyl (C=O) groups is 2. The number of allylic oxidation sites excluding steroid dienone is 3. The maximum absolute atomic E-state index is 12.1. The number of ether oxygens (including phenoxy) is 1. The highest BCUT2D eigenvalue weighted by atomic mass is 16.5. The van der Waals surface area contributed by atoms with E-state index in [-0.39, 0.29) is 25.5 Å². The topological polar surface area (TPSA) is 68.5 Å². The van der Waals surface area contributed by atoms with E-state index in [1.807, 2.05) is 44.2 Å². The second kappa shape index (κ2) is 9.42. The molecule has 0 fully saturated rings. The number of aryl methyl sites for hydroxylation is 1. The van der Waals surface area contributed by atoms with Crippen LogP contribution in [0.3, 0.4) is 0 Å². The van der Waals surface area contributed by atoms with Gasteiger partial charge in [-0.05, 0) is 31.1 Å². The third-order valence-corrected chi connectivity index (χ3v) is 3.81. The summed E-state index contributed by atoms with van der Waals surface area (Å²) in [6.07, 6.45) is 8.79. The van der Waals surface area contributed by atoms with Gasteiger partial charge in [0.05, 0.1) is 12.7 Å². The fraction of sp³-hybridized carbons (Fsp3) is 0.238. The van der Waals surface area contributed by atoms with Crippen LogP contribution in [0.25, 0.3) is 11.0 Å². The summed E-state index contributed by atoms with van der Waals surface area (Å²) in [5.74, 6) is -0.750. The van der Waals surface area contributed by atoms with Gasteiger partial charge in [0.2, 0.25) is 5.91 Å². The molecule has 5 heteroatoms. The van der Waals surface area contributed by atoms with E-state index < -0.39 is 5.97 Å². The molecule has 26 heavy (non-hydrogen) atoms. The summed E-state index contributed by atoms with van der Waals surface area (Å²) in [6.45, 7) is 7.41. The largest absolute Gasteiger partial charge is 0.464 e. The van der Waals surface area contributed by atoms with Crippen LogP contribution in [-0.2, 0) is 20.7 Å². The van der Waals surface area contributed by atoms with Crippen LogP contribution in [0.15, 0.2) is 65.3 Å². The molecule has 0 aliphatic rings. The van der Waals surface area contributed by atoms with Crippen LogP contribution in [0.4, 0.5) is 0 Å². The predicted octanol–water partition coefficient (Wildman–Crippen LogP) is 3.63. The molecule has 1 aromatic heterocycles. The number of carbonyl (C=O) groups excluding carboxylic acids is 2. The lowest BCUT2D eigenvalue weighted by molar-refractivity contribution is -0.142. The van der Waals surface area contributed by atoms with Crippen molar-refractivity contribution in [3.63, 3.8) is 0 Å². The van der Waals surface area contributed by atoms with Crippen molar-refractivity contribution in [2.45, 2.75) is 20.3 Å². The number of fused-ring (bicyclic) bond motifs is 1. The van der Waals surface area contributed by atoms with E-state index >= 15 is 0 Å². The number of benzene rings is 1. The minimum atomic E-state index is -0.489. The van der Waals surface area contributed by atoms with Crippen molar-refractivity contribution in [1.82, 2.24) is 5.32 Å². The Balaban J connectivity index is 1.81. The monoisotopic (exact) mass is 353 g/mol. The predicted molar refractivity (Wildman–Crippen MR) is 102 cm³/mol. The van der Waals surface area contributed by atoms with Gasteiger partial charge in [-0.2, -0.15) is 0 Å². The molecule has 0 saturated carbocycles. The van der Waals surface area contributed by atoms with Crippen LogP contribution >= 0.6 is 0 Å². The van der Waals surface area contributed by atoms with Gasteiger partial charge in [0.25, 0.3) is 0 Å². The van der Waals surface area contributed by atoms with Gasteiger partial charge in [-0.15, -0.1) is 0 Å². The molecule has 2 aromatic rings. The van der Waals surface area contributed by atoms with Crippen molar-refractivity contribution in [3.05, 3.63) is 72.0 Å². The van der Waals surface area contributed by atoms with Crippen LogP contribution < -0.4 is 5.32 Å². The molecule has 136 valence electrons. The molecule has 2 rings (SSSR count). The van der Waals surface area contributed by atoms with Gasteiger partial charge < -0.3 is 14.5 Å². The van der Waals surface area contributed by atoms with E-state index in [1.54, 1.807) is 18.4 Å². The van der Waals surface area contributed by atoms with Gasteiger partial charge in [-0.3, -0.25) is 9.59 Å². The summed E-state index contributed by atoms with van der Waals surface area (Å²) in [4.78, 5) is 23.8. The number of amides is 1. The summed E-state index contributed by atoms with van der Waals surface area (Å²) < 4.78 is 10.6. The first-order valence-electron chi connectivity index (χ1n) is 8.36. The zero-order valence-corrected chi connectivity index (χ0v) is 15.1. The zero-order chi connectivity index (χ0) is 18.9. The van der Waals surface area contributed by atoms with E-state index in [1.165, 1.54) is 0 Å². The molecule has 5 nitrogen and oxygen atoms in total. The Hall–Kier alpha value is -3.08. The highest BCUT2D eigenvalue weighted by Gasteiger charge is 2.12. The molecule has 1 N–H and O–H groups in total. The smallest absolute Gasteiger partial charge is 0.325 e. The van der Waals surface area contributed by atoms with E-state index in [2.05, 4.69) is 11.9 Å². The van der Waals surface area contributed by atoms with Crippen LogP contribution in [0.2, 0.25) is 0 Å². The number of esters is 1. The SMILES string of the molecule is C=C/C=C\C(=C/C)COC(=O)CNC(=O)Cc1coc2cc(C)ccc12. The number of hydrogen-bond donors (Lipinski definition) is 1. The van der Waals surface area contributed by atoms with Gasteiger partial charge in [-0.1, -0.05) is 43.0 Å². The third kappa shape index (κ3) is 5.48. The molecule has 0 aliphatic heterocycles. The molecular weight excluding hydrogens is 330 g/mol. The molecule has 0 saturated heterocycles. The van der Waals surface area contributed by atoms with E-state index in [0.29, 0.717) is 0 Å². The zero-order valence-electron chi connectivity index (χ0n) is 15.1. The van der Waals surface area contributed by atoms with E-state index in [9.17, 15) is 9.59 Å². The van der Waals surface area contributed by atoms with Crippen LogP contribution in [0, 0.1) is 6.92 Å². The van der Waals surface area contributed by atoms with Crippen molar-refractivity contribution < 1.29 is 18.7 Å². The molecule has 0 atom stereocenters. The molecule has 0 bridgehead atoms. The first-order valence-corrected chi connectivity index (χ1v) is 8.36. The maximum atomic E-state index is 12.1. The summed E-state index contributed by atoms with van der Waals surface area (Å²) in [5, 5.41) is 3.48. The summed E-state index contributed by atoms with van der Waals surface area (Å²) in [7, 11) is 0. The van der Waals surface area contributed by atoms with Crippen molar-refractivity contribution in [2.24, 2.45) is 0 Å². The van der Waals surface area contributed by atoms with Crippen molar-refractivity contribution in [1.29, 1.82) is 0 Å². The number of rotatable bonds is 8. The van der Waals surface area contributed by atoms with Gasteiger partial charge in [0.1, 0.15) is 18.7 Å². The average Bonchev–Trinajstić information content (AvgIpc) is 3.02. The summed E-state index contributed by atoms with van der Waals surface area (Å²) >= 11 is 0.